The number of fused-ring (bicyclic) bond motifs is 2. The fourth-order valence-electron chi connectivity index (χ4n) is 2.97. The second-order valence-electron chi connectivity index (χ2n) is 5.07. The fourth-order valence-corrected chi connectivity index (χ4v) is 2.97. The Balaban J connectivity index is 1.93. The van der Waals surface area contributed by atoms with E-state index in [-0.39, 0.29) is 0 Å². The largest absolute Gasteiger partial charge is 0.384 e. The van der Waals surface area contributed by atoms with Gasteiger partial charge in [0, 0.05) is 12.2 Å². The zero-order chi connectivity index (χ0) is 12.7. The predicted molar refractivity (Wildman–Crippen MR) is 81.6 cm³/mol. The first-order chi connectivity index (χ1) is 9.42. The van der Waals surface area contributed by atoms with Gasteiger partial charge >= 0.3 is 0 Å². The van der Waals surface area contributed by atoms with E-state index >= 15 is 0 Å². The molecular weight excluding hydrogens is 230 g/mol. The van der Waals surface area contributed by atoms with Crippen molar-refractivity contribution in [3.05, 3.63) is 66.2 Å². The molecule has 4 rings (SSSR count). The standard InChI is InChI=1S/C18H15N/c1-2-5-14-12-15(9-8-13(14)4-1)16-6-3-7-18-17(16)10-11-19-18/h1-9,12,19H,10-11H2. The van der Waals surface area contributed by atoms with Crippen molar-refractivity contribution in [2.75, 3.05) is 11.9 Å². The molecule has 92 valence electrons. The lowest BCUT2D eigenvalue weighted by atomic mass is 9.96. The van der Waals surface area contributed by atoms with Crippen LogP contribution in [0.25, 0.3) is 21.9 Å². The third kappa shape index (κ3) is 1.70. The van der Waals surface area contributed by atoms with Gasteiger partial charge in [-0.15, -0.1) is 0 Å². The monoisotopic (exact) mass is 245 g/mol. The summed E-state index contributed by atoms with van der Waals surface area (Å²) in [5.41, 5.74) is 5.44. The highest BCUT2D eigenvalue weighted by Crippen LogP contribution is 2.34. The van der Waals surface area contributed by atoms with Gasteiger partial charge in [-0.05, 0) is 46.0 Å². The van der Waals surface area contributed by atoms with E-state index in [1.54, 1.807) is 0 Å². The molecular formula is C18H15N. The average molecular weight is 245 g/mol. The number of rotatable bonds is 1. The van der Waals surface area contributed by atoms with Crippen LogP contribution in [-0.4, -0.2) is 6.54 Å². The molecule has 0 spiro atoms. The Morgan fingerprint density at radius 1 is 0.789 bits per heavy atom. The van der Waals surface area contributed by atoms with E-state index < -0.39 is 0 Å². The lowest BCUT2D eigenvalue weighted by Crippen LogP contribution is -1.90. The van der Waals surface area contributed by atoms with Crippen LogP contribution in [0.1, 0.15) is 5.56 Å². The molecule has 0 radical (unpaired) electrons. The summed E-state index contributed by atoms with van der Waals surface area (Å²) in [4.78, 5) is 0. The van der Waals surface area contributed by atoms with Crippen LogP contribution in [0.3, 0.4) is 0 Å². The van der Waals surface area contributed by atoms with Crippen molar-refractivity contribution in [3.8, 4) is 11.1 Å². The Bertz CT molecular complexity index is 758. The van der Waals surface area contributed by atoms with Crippen molar-refractivity contribution in [1.29, 1.82) is 0 Å². The summed E-state index contributed by atoms with van der Waals surface area (Å²) in [7, 11) is 0. The lowest BCUT2D eigenvalue weighted by Gasteiger charge is -2.09. The molecule has 1 aliphatic heterocycles. The summed E-state index contributed by atoms with van der Waals surface area (Å²) in [6.45, 7) is 1.06. The molecule has 1 aliphatic rings. The molecule has 1 heteroatoms. The highest BCUT2D eigenvalue weighted by Gasteiger charge is 2.14. The summed E-state index contributed by atoms with van der Waals surface area (Å²) in [5, 5.41) is 6.06. The van der Waals surface area contributed by atoms with Gasteiger partial charge in [0.25, 0.3) is 0 Å². The molecule has 0 saturated carbocycles. The number of hydrogen-bond acceptors (Lipinski definition) is 1. The minimum Gasteiger partial charge on any atom is -0.384 e. The average Bonchev–Trinajstić information content (AvgIpc) is 2.95. The van der Waals surface area contributed by atoms with E-state index in [2.05, 4.69) is 66.0 Å². The number of anilines is 1. The highest BCUT2D eigenvalue weighted by molar-refractivity contribution is 5.88. The predicted octanol–water partition coefficient (Wildman–Crippen LogP) is 4.47. The molecule has 0 amide bonds. The second kappa shape index (κ2) is 4.13. The normalized spacial score (nSPS) is 13.3. The van der Waals surface area contributed by atoms with E-state index in [0.717, 1.165) is 13.0 Å². The van der Waals surface area contributed by atoms with E-state index in [0.29, 0.717) is 0 Å². The first-order valence-corrected chi connectivity index (χ1v) is 6.77. The molecule has 1 heterocycles. The first kappa shape index (κ1) is 10.6. The highest BCUT2D eigenvalue weighted by atomic mass is 14.9. The van der Waals surface area contributed by atoms with Crippen LogP contribution in [0, 0.1) is 0 Å². The van der Waals surface area contributed by atoms with Gasteiger partial charge in [0.1, 0.15) is 0 Å². The van der Waals surface area contributed by atoms with Crippen molar-refractivity contribution in [3.63, 3.8) is 0 Å². The number of nitrogens with one attached hydrogen (secondary N) is 1. The van der Waals surface area contributed by atoms with Crippen LogP contribution < -0.4 is 5.32 Å². The Hall–Kier alpha value is -2.28. The first-order valence-electron chi connectivity index (χ1n) is 6.77. The Morgan fingerprint density at radius 2 is 1.68 bits per heavy atom. The van der Waals surface area contributed by atoms with Gasteiger partial charge < -0.3 is 5.32 Å². The van der Waals surface area contributed by atoms with Gasteiger partial charge in [0.05, 0.1) is 0 Å². The summed E-state index contributed by atoms with van der Waals surface area (Å²) in [6.07, 6.45) is 1.12. The third-order valence-electron chi connectivity index (χ3n) is 3.93. The van der Waals surface area contributed by atoms with Gasteiger partial charge in [-0.25, -0.2) is 0 Å². The maximum atomic E-state index is 3.45. The fraction of sp³-hybridized carbons (Fsp3) is 0.111. The molecule has 0 aliphatic carbocycles. The maximum absolute atomic E-state index is 3.45. The van der Waals surface area contributed by atoms with Crippen LogP contribution in [0.2, 0.25) is 0 Å². The van der Waals surface area contributed by atoms with E-state index in [9.17, 15) is 0 Å². The number of benzene rings is 3. The molecule has 0 atom stereocenters. The molecule has 0 unspecified atom stereocenters. The van der Waals surface area contributed by atoms with Crippen molar-refractivity contribution < 1.29 is 0 Å². The minimum absolute atomic E-state index is 1.06. The van der Waals surface area contributed by atoms with Crippen molar-refractivity contribution >= 4 is 16.5 Å². The molecule has 1 nitrogen and oxygen atoms in total. The molecule has 3 aromatic carbocycles. The summed E-state index contributed by atoms with van der Waals surface area (Å²) in [5.74, 6) is 0. The van der Waals surface area contributed by atoms with Gasteiger partial charge in [0.15, 0.2) is 0 Å². The quantitative estimate of drug-likeness (QED) is 0.666. The molecule has 0 bridgehead atoms. The molecule has 0 fully saturated rings. The Morgan fingerprint density at radius 3 is 2.63 bits per heavy atom. The van der Waals surface area contributed by atoms with Crippen LogP contribution in [0.4, 0.5) is 5.69 Å². The number of hydrogen-bond donors (Lipinski definition) is 1. The third-order valence-corrected chi connectivity index (χ3v) is 3.93. The lowest BCUT2D eigenvalue weighted by molar-refractivity contribution is 1.11. The van der Waals surface area contributed by atoms with Crippen LogP contribution in [0.15, 0.2) is 60.7 Å². The summed E-state index contributed by atoms with van der Waals surface area (Å²) < 4.78 is 0. The molecule has 0 aromatic heterocycles. The van der Waals surface area contributed by atoms with Gasteiger partial charge in [0.2, 0.25) is 0 Å². The molecule has 3 aromatic rings. The molecule has 19 heavy (non-hydrogen) atoms. The van der Waals surface area contributed by atoms with Crippen LogP contribution >= 0.6 is 0 Å². The van der Waals surface area contributed by atoms with Gasteiger partial charge in [-0.3, -0.25) is 0 Å². The van der Waals surface area contributed by atoms with Crippen LogP contribution in [0.5, 0.6) is 0 Å². The van der Waals surface area contributed by atoms with Crippen LogP contribution in [-0.2, 0) is 6.42 Å². The van der Waals surface area contributed by atoms with Gasteiger partial charge in [-0.2, -0.15) is 0 Å². The van der Waals surface area contributed by atoms with E-state index in [1.165, 1.54) is 33.2 Å². The topological polar surface area (TPSA) is 12.0 Å². The van der Waals surface area contributed by atoms with Crippen molar-refractivity contribution in [2.45, 2.75) is 6.42 Å². The van der Waals surface area contributed by atoms with Gasteiger partial charge in [-0.1, -0.05) is 48.5 Å². The van der Waals surface area contributed by atoms with Crippen molar-refractivity contribution in [2.24, 2.45) is 0 Å². The molecule has 1 N–H and O–H groups in total. The summed E-state index contributed by atoms with van der Waals surface area (Å²) in [6, 6.07) is 21.8. The Labute approximate surface area is 112 Å². The summed E-state index contributed by atoms with van der Waals surface area (Å²) >= 11 is 0. The molecule has 0 saturated heterocycles. The maximum Gasteiger partial charge on any atom is 0.0379 e. The minimum atomic E-state index is 1.06. The smallest absolute Gasteiger partial charge is 0.0379 e. The Kier molecular flexibility index (Phi) is 2.31. The second-order valence-corrected chi connectivity index (χ2v) is 5.07. The van der Waals surface area contributed by atoms with E-state index in [4.69, 9.17) is 0 Å². The SMILES string of the molecule is c1cc2c(c(-c3ccc4ccccc4c3)c1)CCN2. The zero-order valence-corrected chi connectivity index (χ0v) is 10.7. The van der Waals surface area contributed by atoms with Crippen molar-refractivity contribution in [1.82, 2.24) is 0 Å². The zero-order valence-electron chi connectivity index (χ0n) is 10.7. The van der Waals surface area contributed by atoms with E-state index in [1.807, 2.05) is 0 Å².